The molecule has 81 heavy (non-hydrogen) atoms. The van der Waals surface area contributed by atoms with Gasteiger partial charge in [-0.05, 0) is 52.0 Å². The molecule has 0 bridgehead atoms. The van der Waals surface area contributed by atoms with Crippen molar-refractivity contribution in [3.05, 3.63) is 264 Å². The molecule has 0 spiro atoms. The van der Waals surface area contributed by atoms with E-state index >= 15 is 0 Å². The van der Waals surface area contributed by atoms with Crippen molar-refractivity contribution in [2.75, 3.05) is 19.6 Å². The zero-order chi connectivity index (χ0) is 54.6. The van der Waals surface area contributed by atoms with Gasteiger partial charge in [-0.3, -0.25) is 0 Å². The molecule has 0 saturated carbocycles. The predicted octanol–water partition coefficient (Wildman–Crippen LogP) is 21.3. The number of fused-ring (bicyclic) bond motifs is 9. The number of hydrogen-bond acceptors (Lipinski definition) is 6. The third-order valence-corrected chi connectivity index (χ3v) is 18.5. The van der Waals surface area contributed by atoms with E-state index in [1.807, 2.05) is 0 Å². The van der Waals surface area contributed by atoms with Crippen molar-refractivity contribution < 1.29 is 9.47 Å². The minimum absolute atomic E-state index is 0.120. The molecule has 2 aliphatic rings. The Morgan fingerprint density at radius 3 is 1.17 bits per heavy atom. The summed E-state index contributed by atoms with van der Waals surface area (Å²) in [5, 5.41) is 7.04. The van der Waals surface area contributed by atoms with Gasteiger partial charge < -0.3 is 4.90 Å². The first-order chi connectivity index (χ1) is 39.6. The molecule has 0 N–H and O–H groups in total. The maximum atomic E-state index is 7.34. The van der Waals surface area contributed by atoms with Gasteiger partial charge in [0.2, 0.25) is 0 Å². The van der Waals surface area contributed by atoms with Crippen LogP contribution >= 0.6 is 0 Å². The fourth-order valence-electron chi connectivity index (χ4n) is 12.1. The molecule has 13 aromatic rings. The summed E-state index contributed by atoms with van der Waals surface area (Å²) in [6, 6.07) is 84.6. The van der Waals surface area contributed by atoms with Crippen molar-refractivity contribution in [3.8, 4) is 23.0 Å². The number of benzene rings is 12. The van der Waals surface area contributed by atoms with E-state index in [-0.39, 0.29) is 14.5 Å². The number of para-hydroxylation sites is 2. The van der Waals surface area contributed by atoms with Crippen molar-refractivity contribution in [1.82, 2.24) is 0 Å². The Morgan fingerprint density at radius 1 is 0.272 bits per heavy atom. The molecule has 3 heterocycles. The fourth-order valence-corrected chi connectivity index (χ4v) is 14.4. The van der Waals surface area contributed by atoms with Crippen LogP contribution in [0.2, 0.25) is 0 Å². The molecule has 15 rings (SSSR count). The quantitative estimate of drug-likeness (QED) is 0.111. The molecule has 0 amide bonds. The van der Waals surface area contributed by atoms with Crippen molar-refractivity contribution in [3.63, 3.8) is 0 Å². The molecule has 0 atom stereocenters. The summed E-state index contributed by atoms with van der Waals surface area (Å²) >= 11 is 0.120. The largest absolute Gasteiger partial charge is 0.0572 e. The minimum Gasteiger partial charge on any atom is -0.0572 e. The van der Waals surface area contributed by atoms with Gasteiger partial charge in [0.1, 0.15) is 0 Å². The molecule has 12 aromatic carbocycles. The average Bonchev–Trinajstić information content (AvgIpc) is 3.94. The Labute approximate surface area is 478 Å². The van der Waals surface area contributed by atoms with Gasteiger partial charge in [-0.25, -0.2) is 0 Å². The van der Waals surface area contributed by atoms with E-state index in [9.17, 15) is 0 Å². The van der Waals surface area contributed by atoms with Gasteiger partial charge in [0.25, 0.3) is 0 Å². The summed E-state index contributed by atoms with van der Waals surface area (Å²) in [4.78, 5) is 9.62. The van der Waals surface area contributed by atoms with Crippen LogP contribution in [0, 0.1) is 41.5 Å². The molecule has 6 nitrogen and oxygen atoms in total. The summed E-state index contributed by atoms with van der Waals surface area (Å²) in [6.45, 7) is 13.0. The zero-order valence-corrected chi connectivity index (χ0v) is 47.7. The van der Waals surface area contributed by atoms with Crippen LogP contribution in [0.4, 0.5) is 68.2 Å². The summed E-state index contributed by atoms with van der Waals surface area (Å²) < 4.78 is 17.1. The van der Waals surface area contributed by atoms with E-state index < -0.39 is 0 Å². The molecular weight excluding hydrogens is 1060 g/mol. The SMILES string of the molecule is Cc1ccc(N(c2ccc(C)cc2)c2ccc3c(c2)Oc2ccccc2N3c2c3ccc(C)cc3c(N3c4ccc(N(c5ccc(C)cc5)c5ccc(C)cc5)cc4Oc4cc5c(cc43)[se]c3ccccc35)c3ccc(C)cc23)cc1. The molecule has 7 heteroatoms. The van der Waals surface area contributed by atoms with Gasteiger partial charge in [-0.2, -0.15) is 0 Å². The Morgan fingerprint density at radius 2 is 0.667 bits per heavy atom. The van der Waals surface area contributed by atoms with Crippen LogP contribution in [0.1, 0.15) is 33.4 Å². The van der Waals surface area contributed by atoms with Crippen LogP contribution in [0.3, 0.4) is 0 Å². The van der Waals surface area contributed by atoms with Crippen molar-refractivity contribution in [2.45, 2.75) is 41.5 Å². The summed E-state index contributed by atoms with van der Waals surface area (Å²) in [5.41, 5.74) is 19.6. The number of ether oxygens (including phenoxy) is 2. The van der Waals surface area contributed by atoms with Crippen LogP contribution in [-0.4, -0.2) is 14.5 Å². The van der Waals surface area contributed by atoms with Crippen LogP contribution < -0.4 is 29.1 Å². The van der Waals surface area contributed by atoms with Crippen LogP contribution in [-0.2, 0) is 0 Å². The van der Waals surface area contributed by atoms with Crippen molar-refractivity contribution >= 4 is 124 Å². The second kappa shape index (κ2) is 19.1. The van der Waals surface area contributed by atoms with Crippen molar-refractivity contribution in [2.24, 2.45) is 0 Å². The Balaban J connectivity index is 0.975. The average molecular weight is 1110 g/mol. The van der Waals surface area contributed by atoms with Gasteiger partial charge in [0, 0.05) is 17.1 Å². The normalized spacial score (nSPS) is 12.5. The van der Waals surface area contributed by atoms with Gasteiger partial charge in [0.15, 0.2) is 0 Å². The maximum Gasteiger partial charge on any atom is -0.0378 e. The molecule has 0 unspecified atom stereocenters. The summed E-state index contributed by atoms with van der Waals surface area (Å²) in [7, 11) is 0. The Kier molecular flexibility index (Phi) is 11.5. The number of nitrogens with zero attached hydrogens (tertiary/aromatic N) is 4. The molecule has 0 radical (unpaired) electrons. The van der Waals surface area contributed by atoms with Crippen LogP contribution in [0.25, 0.3) is 40.8 Å². The van der Waals surface area contributed by atoms with Crippen molar-refractivity contribution in [1.29, 1.82) is 0 Å². The second-order valence-electron chi connectivity index (χ2n) is 21.9. The standard InChI is InChI=1S/C74H56N4O2Se/c1-45-15-25-51(26-16-45)75(52-27-17-46(2)18-28-52)55-33-37-64-68(41-55)79-67-13-9-8-12-63(67)77(64)73-58-35-23-50(6)40-62(58)74(59-36-24-49(5)39-61(59)73)78-65-38-34-56(76(53-29-19-47(3)20-30-53)54-31-21-48(4)22-32-54)42-69(65)80-70-43-60-57-11-7-10-14-71(57)81-72(60)44-66(70)78/h7-44H,1-6H3. The molecule has 0 saturated heterocycles. The predicted molar refractivity (Wildman–Crippen MR) is 341 cm³/mol. The summed E-state index contributed by atoms with van der Waals surface area (Å²) in [5.74, 6) is 3.17. The molecular formula is C74H56N4O2Se. The molecule has 390 valence electrons. The smallest absolute Gasteiger partial charge is 0.0378 e. The van der Waals surface area contributed by atoms with Crippen LogP contribution in [0.15, 0.2) is 231 Å². The number of rotatable bonds is 8. The third-order valence-electron chi connectivity index (χ3n) is 16.1. The second-order valence-corrected chi connectivity index (χ2v) is 24.1. The Bertz CT molecular complexity index is 4570. The minimum atomic E-state index is 0.120. The van der Waals surface area contributed by atoms with Gasteiger partial charge in [-0.1, -0.05) is 52.6 Å². The molecule has 2 aliphatic heterocycles. The topological polar surface area (TPSA) is 31.4 Å². The first-order valence-corrected chi connectivity index (χ1v) is 29.4. The maximum absolute atomic E-state index is 7.34. The molecule has 1 aromatic heterocycles. The van der Waals surface area contributed by atoms with Gasteiger partial charge in [-0.15, -0.1) is 0 Å². The van der Waals surface area contributed by atoms with Gasteiger partial charge in [0.05, 0.1) is 0 Å². The van der Waals surface area contributed by atoms with E-state index in [1.54, 1.807) is 0 Å². The summed E-state index contributed by atoms with van der Waals surface area (Å²) in [6.07, 6.45) is 0. The third kappa shape index (κ3) is 8.22. The van der Waals surface area contributed by atoms with E-state index in [2.05, 4.69) is 292 Å². The zero-order valence-electron chi connectivity index (χ0n) is 46.0. The monoisotopic (exact) mass is 1110 g/mol. The van der Waals surface area contributed by atoms with E-state index in [4.69, 9.17) is 9.47 Å². The van der Waals surface area contributed by atoms with E-state index in [0.29, 0.717) is 0 Å². The van der Waals surface area contributed by atoms with E-state index in [0.717, 1.165) is 113 Å². The molecule has 0 aliphatic carbocycles. The van der Waals surface area contributed by atoms with Crippen LogP contribution in [0.5, 0.6) is 23.0 Å². The number of aryl methyl sites for hydroxylation is 6. The number of hydrogen-bond donors (Lipinski definition) is 0. The van der Waals surface area contributed by atoms with Gasteiger partial charge >= 0.3 is 355 Å². The first kappa shape index (κ1) is 48.6. The molecule has 0 fully saturated rings. The van der Waals surface area contributed by atoms with E-state index in [1.165, 1.54) is 52.7 Å². The fraction of sp³-hybridized carbons (Fsp3) is 0.0811. The first-order valence-electron chi connectivity index (χ1n) is 27.7. The number of anilines is 12. The Hall–Kier alpha value is -9.52.